The molecule has 190 valence electrons. The molecule has 0 bridgehead atoms. The molecule has 7 heteroatoms. The lowest BCUT2D eigenvalue weighted by molar-refractivity contribution is -0.118. The average Bonchev–Trinajstić information content (AvgIpc) is 2.85. The third-order valence-electron chi connectivity index (χ3n) is 6.41. The molecule has 3 aromatic rings. The number of hydrogen-bond acceptors (Lipinski definition) is 4. The van der Waals surface area contributed by atoms with Gasteiger partial charge < -0.3 is 19.9 Å². The van der Waals surface area contributed by atoms with Crippen LogP contribution >= 0.6 is 15.9 Å². The number of aromatic hydroxyl groups is 1. The largest absolute Gasteiger partial charge is 0.508 e. The van der Waals surface area contributed by atoms with E-state index in [1.165, 1.54) is 19.1 Å². The molecule has 1 amide bonds. The zero-order chi connectivity index (χ0) is 25.5. The minimum atomic E-state index is -0.354. The highest BCUT2D eigenvalue weighted by molar-refractivity contribution is 9.10. The standard InChI is InChI=1S/C29H31BrFNO4/c1-19(33)32-14-13-27-28(21-3-2-4-23(31)15-21)16-26(17-29(27)34)36-25-11-9-24(10-12-25)35-18-20-5-7-22(30)8-6-20/h2-8,15-17,24-25,34H,9-14,18H2,1H3,(H,32,33). The van der Waals surface area contributed by atoms with Crippen molar-refractivity contribution in [2.24, 2.45) is 0 Å². The first-order valence-corrected chi connectivity index (χ1v) is 13.1. The minimum absolute atomic E-state index is 0.0162. The molecule has 0 spiro atoms. The molecule has 0 saturated heterocycles. The monoisotopic (exact) mass is 555 g/mol. The van der Waals surface area contributed by atoms with Gasteiger partial charge in [0.15, 0.2) is 0 Å². The number of hydrogen-bond donors (Lipinski definition) is 2. The van der Waals surface area contributed by atoms with Crippen molar-refractivity contribution in [2.45, 2.75) is 57.8 Å². The van der Waals surface area contributed by atoms with E-state index >= 15 is 0 Å². The van der Waals surface area contributed by atoms with Crippen LogP contribution in [0.3, 0.4) is 0 Å². The Morgan fingerprint density at radius 2 is 1.78 bits per heavy atom. The fourth-order valence-corrected chi connectivity index (χ4v) is 4.81. The zero-order valence-corrected chi connectivity index (χ0v) is 21.9. The van der Waals surface area contributed by atoms with Gasteiger partial charge in [0.1, 0.15) is 17.3 Å². The third-order valence-corrected chi connectivity index (χ3v) is 6.94. The first kappa shape index (κ1) is 26.2. The predicted molar refractivity (Wildman–Crippen MR) is 141 cm³/mol. The van der Waals surface area contributed by atoms with Crippen molar-refractivity contribution in [3.63, 3.8) is 0 Å². The molecule has 1 saturated carbocycles. The van der Waals surface area contributed by atoms with Crippen LogP contribution in [0.2, 0.25) is 0 Å². The van der Waals surface area contributed by atoms with Crippen LogP contribution in [0.5, 0.6) is 11.5 Å². The molecule has 5 nitrogen and oxygen atoms in total. The van der Waals surface area contributed by atoms with E-state index in [0.29, 0.717) is 42.0 Å². The van der Waals surface area contributed by atoms with Crippen LogP contribution in [0.15, 0.2) is 65.1 Å². The molecule has 0 heterocycles. The van der Waals surface area contributed by atoms with E-state index in [1.807, 2.05) is 18.2 Å². The van der Waals surface area contributed by atoms with Gasteiger partial charge >= 0.3 is 0 Å². The number of rotatable bonds is 9. The first-order valence-electron chi connectivity index (χ1n) is 12.3. The molecule has 0 aliphatic heterocycles. The van der Waals surface area contributed by atoms with Crippen molar-refractivity contribution in [3.8, 4) is 22.6 Å². The van der Waals surface area contributed by atoms with Crippen LogP contribution in [-0.4, -0.2) is 29.8 Å². The minimum Gasteiger partial charge on any atom is -0.508 e. The maximum Gasteiger partial charge on any atom is 0.216 e. The number of phenols is 1. The third kappa shape index (κ3) is 7.31. The first-order chi connectivity index (χ1) is 17.4. The Balaban J connectivity index is 1.41. The van der Waals surface area contributed by atoms with Gasteiger partial charge in [0.05, 0.1) is 18.8 Å². The Hall–Kier alpha value is -2.90. The van der Waals surface area contributed by atoms with E-state index in [4.69, 9.17) is 9.47 Å². The Morgan fingerprint density at radius 1 is 1.06 bits per heavy atom. The van der Waals surface area contributed by atoms with Crippen LogP contribution in [0.4, 0.5) is 4.39 Å². The predicted octanol–water partition coefficient (Wildman–Crippen LogP) is 6.55. The Morgan fingerprint density at radius 3 is 2.47 bits per heavy atom. The molecule has 3 aromatic carbocycles. The molecule has 1 aliphatic carbocycles. The number of carbonyl (C=O) groups is 1. The van der Waals surface area contributed by atoms with Gasteiger partial charge in [-0.05, 0) is 79.1 Å². The average molecular weight is 556 g/mol. The second kappa shape index (κ2) is 12.4. The molecule has 0 unspecified atom stereocenters. The Kier molecular flexibility index (Phi) is 8.99. The van der Waals surface area contributed by atoms with Gasteiger partial charge in [-0.1, -0.05) is 40.2 Å². The second-order valence-electron chi connectivity index (χ2n) is 9.17. The highest BCUT2D eigenvalue weighted by Gasteiger charge is 2.24. The number of phenolic OH excluding ortho intramolecular Hbond substituents is 1. The van der Waals surface area contributed by atoms with Gasteiger partial charge in [0.2, 0.25) is 5.91 Å². The second-order valence-corrected chi connectivity index (χ2v) is 10.1. The quantitative estimate of drug-likeness (QED) is 0.314. The smallest absolute Gasteiger partial charge is 0.216 e. The van der Waals surface area contributed by atoms with Crippen molar-refractivity contribution >= 4 is 21.8 Å². The number of nitrogens with one attached hydrogen (secondary N) is 1. The molecule has 1 aliphatic rings. The molecule has 0 aromatic heterocycles. The Labute approximate surface area is 219 Å². The van der Waals surface area contributed by atoms with Crippen LogP contribution in [0, 0.1) is 5.82 Å². The molecular weight excluding hydrogens is 525 g/mol. The summed E-state index contributed by atoms with van der Waals surface area (Å²) in [6, 6.07) is 17.9. The lowest BCUT2D eigenvalue weighted by Crippen LogP contribution is -2.28. The molecule has 0 atom stereocenters. The maximum atomic E-state index is 14.0. The number of halogens is 2. The van der Waals surface area contributed by atoms with Crippen LogP contribution < -0.4 is 10.1 Å². The topological polar surface area (TPSA) is 67.8 Å². The van der Waals surface area contributed by atoms with E-state index in [1.54, 1.807) is 18.2 Å². The molecule has 36 heavy (non-hydrogen) atoms. The fraction of sp³-hybridized carbons (Fsp3) is 0.345. The van der Waals surface area contributed by atoms with Crippen LogP contribution in [0.1, 0.15) is 43.7 Å². The van der Waals surface area contributed by atoms with E-state index in [-0.39, 0.29) is 29.7 Å². The SMILES string of the molecule is CC(=O)NCCc1c(O)cc(OC2CCC(OCc3ccc(Br)cc3)CC2)cc1-c1cccc(F)c1. The van der Waals surface area contributed by atoms with E-state index in [0.717, 1.165) is 35.7 Å². The summed E-state index contributed by atoms with van der Waals surface area (Å²) in [5.41, 5.74) is 3.14. The zero-order valence-electron chi connectivity index (χ0n) is 20.3. The number of ether oxygens (including phenoxy) is 2. The number of carbonyl (C=O) groups excluding carboxylic acids is 1. The van der Waals surface area contributed by atoms with Gasteiger partial charge in [-0.2, -0.15) is 0 Å². The van der Waals surface area contributed by atoms with Crippen molar-refractivity contribution < 1.29 is 23.8 Å². The molecule has 4 rings (SSSR count). The summed E-state index contributed by atoms with van der Waals surface area (Å²) >= 11 is 3.45. The van der Waals surface area contributed by atoms with Gasteiger partial charge in [-0.25, -0.2) is 4.39 Å². The van der Waals surface area contributed by atoms with Gasteiger partial charge in [0, 0.05) is 29.6 Å². The maximum absolute atomic E-state index is 14.0. The summed E-state index contributed by atoms with van der Waals surface area (Å²) in [5, 5.41) is 13.6. The summed E-state index contributed by atoms with van der Waals surface area (Å²) in [6.07, 6.45) is 4.13. The van der Waals surface area contributed by atoms with Crippen molar-refractivity contribution in [3.05, 3.63) is 82.1 Å². The summed E-state index contributed by atoms with van der Waals surface area (Å²) in [4.78, 5) is 11.3. The van der Waals surface area contributed by atoms with Gasteiger partial charge in [-0.15, -0.1) is 0 Å². The summed E-state index contributed by atoms with van der Waals surface area (Å²) < 4.78 is 27.4. The van der Waals surface area contributed by atoms with Crippen LogP contribution in [-0.2, 0) is 22.6 Å². The lowest BCUT2D eigenvalue weighted by atomic mass is 9.94. The van der Waals surface area contributed by atoms with Crippen LogP contribution in [0.25, 0.3) is 11.1 Å². The van der Waals surface area contributed by atoms with Crippen molar-refractivity contribution in [2.75, 3.05) is 6.54 Å². The van der Waals surface area contributed by atoms with E-state index in [2.05, 4.69) is 33.4 Å². The molecule has 0 radical (unpaired) electrons. The van der Waals surface area contributed by atoms with Crippen molar-refractivity contribution in [1.29, 1.82) is 0 Å². The normalized spacial score (nSPS) is 17.5. The van der Waals surface area contributed by atoms with Gasteiger partial charge in [0.25, 0.3) is 0 Å². The van der Waals surface area contributed by atoms with Crippen molar-refractivity contribution in [1.82, 2.24) is 5.32 Å². The molecule has 1 fully saturated rings. The summed E-state index contributed by atoms with van der Waals surface area (Å²) in [6.45, 7) is 2.41. The summed E-state index contributed by atoms with van der Waals surface area (Å²) in [5.74, 6) is 0.128. The highest BCUT2D eigenvalue weighted by atomic mass is 79.9. The van der Waals surface area contributed by atoms with E-state index in [9.17, 15) is 14.3 Å². The van der Waals surface area contributed by atoms with E-state index < -0.39 is 0 Å². The number of benzene rings is 3. The Bertz CT molecular complexity index is 1180. The van der Waals surface area contributed by atoms with Gasteiger partial charge in [-0.3, -0.25) is 4.79 Å². The fourth-order valence-electron chi connectivity index (χ4n) is 4.54. The number of amides is 1. The highest BCUT2D eigenvalue weighted by Crippen LogP contribution is 2.37. The summed E-state index contributed by atoms with van der Waals surface area (Å²) in [7, 11) is 0. The molecular formula is C29H31BrFNO4. The lowest BCUT2D eigenvalue weighted by Gasteiger charge is -2.29. The molecule has 2 N–H and O–H groups in total.